The first-order chi connectivity index (χ1) is 16.5. The molecule has 2 aromatic rings. The third kappa shape index (κ3) is 6.04. The lowest BCUT2D eigenvalue weighted by Crippen LogP contribution is -2.40. The van der Waals surface area contributed by atoms with E-state index in [0.717, 1.165) is 10.6 Å². The van der Waals surface area contributed by atoms with Crippen LogP contribution < -0.4 is 19.1 Å². The zero-order chi connectivity index (χ0) is 25.8. The number of nitrogens with zero attached hydrogens (tertiary/aromatic N) is 2. The van der Waals surface area contributed by atoms with Crippen LogP contribution in [0.2, 0.25) is 0 Å². The van der Waals surface area contributed by atoms with Crippen LogP contribution in [0, 0.1) is 0 Å². The van der Waals surface area contributed by atoms with Crippen molar-refractivity contribution in [1.82, 2.24) is 9.62 Å². The van der Waals surface area contributed by atoms with E-state index in [-0.39, 0.29) is 34.2 Å². The summed E-state index contributed by atoms with van der Waals surface area (Å²) in [5, 5.41) is 2.74. The molecule has 1 heterocycles. The SMILES string of the molecule is COc1cc(C(=O)NCc2ccc(S(=O)(=O)N3CCOCC3)cc2)c(N(C)S(C)(=O)=O)cc1OC. The van der Waals surface area contributed by atoms with Gasteiger partial charge >= 0.3 is 0 Å². The van der Waals surface area contributed by atoms with Gasteiger partial charge in [-0.3, -0.25) is 9.10 Å². The van der Waals surface area contributed by atoms with E-state index in [0.29, 0.717) is 31.9 Å². The molecule has 11 nitrogen and oxygen atoms in total. The van der Waals surface area contributed by atoms with Gasteiger partial charge in [-0.25, -0.2) is 16.8 Å². The van der Waals surface area contributed by atoms with Crippen LogP contribution in [0.25, 0.3) is 0 Å². The number of hydrogen-bond donors (Lipinski definition) is 1. The summed E-state index contributed by atoms with van der Waals surface area (Å²) in [6.45, 7) is 1.41. The molecule has 13 heteroatoms. The molecule has 1 N–H and O–H groups in total. The van der Waals surface area contributed by atoms with Crippen molar-refractivity contribution < 1.29 is 35.8 Å². The molecule has 0 atom stereocenters. The standard InChI is InChI=1S/C22H29N3O8S2/c1-24(34(4,27)28)19-14-21(32-3)20(31-2)13-18(19)22(26)23-15-16-5-7-17(8-6-16)35(29,30)25-9-11-33-12-10-25/h5-8,13-14H,9-12,15H2,1-4H3,(H,23,26). The second-order valence-electron chi connectivity index (χ2n) is 7.80. The van der Waals surface area contributed by atoms with Crippen molar-refractivity contribution in [2.45, 2.75) is 11.4 Å². The van der Waals surface area contributed by atoms with Gasteiger partial charge in [0, 0.05) is 32.7 Å². The summed E-state index contributed by atoms with van der Waals surface area (Å²) in [5.74, 6) is -0.00550. The van der Waals surface area contributed by atoms with E-state index in [4.69, 9.17) is 14.2 Å². The van der Waals surface area contributed by atoms with Crippen LogP contribution in [0.4, 0.5) is 5.69 Å². The van der Waals surface area contributed by atoms with E-state index in [1.54, 1.807) is 12.1 Å². The minimum absolute atomic E-state index is 0.0714. The van der Waals surface area contributed by atoms with E-state index in [2.05, 4.69) is 5.32 Å². The highest BCUT2D eigenvalue weighted by atomic mass is 32.2. The van der Waals surface area contributed by atoms with Gasteiger partial charge in [-0.2, -0.15) is 4.31 Å². The molecule has 1 amide bonds. The third-order valence-electron chi connectivity index (χ3n) is 5.57. The summed E-state index contributed by atoms with van der Waals surface area (Å²) in [4.78, 5) is 13.2. The highest BCUT2D eigenvalue weighted by Crippen LogP contribution is 2.35. The monoisotopic (exact) mass is 527 g/mol. The predicted molar refractivity (Wildman–Crippen MR) is 130 cm³/mol. The first-order valence-electron chi connectivity index (χ1n) is 10.6. The van der Waals surface area contributed by atoms with Crippen molar-refractivity contribution in [3.05, 3.63) is 47.5 Å². The molecule has 0 aromatic heterocycles. The molecule has 1 aliphatic rings. The van der Waals surface area contributed by atoms with Crippen molar-refractivity contribution in [2.24, 2.45) is 0 Å². The average Bonchev–Trinajstić information content (AvgIpc) is 2.86. The van der Waals surface area contributed by atoms with Gasteiger partial charge in [0.05, 0.1) is 49.8 Å². The number of nitrogens with one attached hydrogen (secondary N) is 1. The fraction of sp³-hybridized carbons (Fsp3) is 0.409. The zero-order valence-electron chi connectivity index (χ0n) is 20.0. The topological polar surface area (TPSA) is 132 Å². The van der Waals surface area contributed by atoms with Crippen LogP contribution in [-0.4, -0.2) is 80.9 Å². The van der Waals surface area contributed by atoms with E-state index in [1.807, 2.05) is 0 Å². The Hall–Kier alpha value is -2.87. The largest absolute Gasteiger partial charge is 0.493 e. The number of ether oxygens (including phenoxy) is 3. The molecule has 0 saturated carbocycles. The summed E-state index contributed by atoms with van der Waals surface area (Å²) in [5.41, 5.74) is 0.856. The minimum atomic E-state index is -3.66. The predicted octanol–water partition coefficient (Wildman–Crippen LogP) is 1.05. The van der Waals surface area contributed by atoms with Gasteiger partial charge in [0.1, 0.15) is 0 Å². The molecule has 0 bridgehead atoms. The number of methoxy groups -OCH3 is 2. The van der Waals surface area contributed by atoms with E-state index < -0.39 is 26.0 Å². The first kappa shape index (κ1) is 26.7. The molecule has 0 aliphatic carbocycles. The van der Waals surface area contributed by atoms with Crippen molar-refractivity contribution in [3.63, 3.8) is 0 Å². The van der Waals surface area contributed by atoms with E-state index >= 15 is 0 Å². The maximum Gasteiger partial charge on any atom is 0.253 e. The number of rotatable bonds is 9. The molecule has 35 heavy (non-hydrogen) atoms. The first-order valence-corrected chi connectivity index (χ1v) is 13.9. The zero-order valence-corrected chi connectivity index (χ0v) is 21.6. The minimum Gasteiger partial charge on any atom is -0.493 e. The Labute approximate surface area is 205 Å². The van der Waals surface area contributed by atoms with Gasteiger partial charge in [0.2, 0.25) is 20.0 Å². The van der Waals surface area contributed by atoms with Crippen molar-refractivity contribution in [3.8, 4) is 11.5 Å². The molecule has 192 valence electrons. The second-order valence-corrected chi connectivity index (χ2v) is 11.7. The number of benzene rings is 2. The van der Waals surface area contributed by atoms with Gasteiger partial charge in [-0.05, 0) is 23.8 Å². The number of anilines is 1. The maximum atomic E-state index is 13.0. The number of carbonyl (C=O) groups excluding carboxylic acids is 1. The van der Waals surface area contributed by atoms with Crippen molar-refractivity contribution in [2.75, 3.05) is 58.1 Å². The van der Waals surface area contributed by atoms with Crippen LogP contribution in [-0.2, 0) is 31.3 Å². The van der Waals surface area contributed by atoms with Gasteiger partial charge in [0.15, 0.2) is 11.5 Å². The van der Waals surface area contributed by atoms with Crippen LogP contribution in [0.1, 0.15) is 15.9 Å². The number of amides is 1. The number of sulfonamides is 2. The Balaban J connectivity index is 1.80. The fourth-order valence-corrected chi connectivity index (χ4v) is 5.40. The van der Waals surface area contributed by atoms with Gasteiger partial charge in [-0.15, -0.1) is 0 Å². The van der Waals surface area contributed by atoms with Crippen LogP contribution >= 0.6 is 0 Å². The molecule has 0 unspecified atom stereocenters. The smallest absolute Gasteiger partial charge is 0.253 e. The summed E-state index contributed by atoms with van der Waals surface area (Å²) < 4.78 is 67.9. The summed E-state index contributed by atoms with van der Waals surface area (Å²) in [7, 11) is -3.13. The normalized spacial score (nSPS) is 14.9. The van der Waals surface area contributed by atoms with Gasteiger partial charge < -0.3 is 19.5 Å². The van der Waals surface area contributed by atoms with E-state index in [9.17, 15) is 21.6 Å². The Morgan fingerprint density at radius 3 is 2.14 bits per heavy atom. The highest BCUT2D eigenvalue weighted by molar-refractivity contribution is 7.92. The summed E-state index contributed by atoms with van der Waals surface area (Å²) >= 11 is 0. The lowest BCUT2D eigenvalue weighted by Gasteiger charge is -2.26. The Morgan fingerprint density at radius 2 is 1.60 bits per heavy atom. The van der Waals surface area contributed by atoms with Gasteiger partial charge in [-0.1, -0.05) is 12.1 Å². The van der Waals surface area contributed by atoms with Gasteiger partial charge in [0.25, 0.3) is 5.91 Å². The molecule has 1 saturated heterocycles. The average molecular weight is 528 g/mol. The number of morpholine rings is 1. The molecule has 1 fully saturated rings. The summed E-state index contributed by atoms with van der Waals surface area (Å²) in [6, 6.07) is 9.04. The molecule has 1 aliphatic heterocycles. The quantitative estimate of drug-likeness (QED) is 0.512. The molecular formula is C22H29N3O8S2. The Morgan fingerprint density at radius 1 is 1.03 bits per heavy atom. The summed E-state index contributed by atoms with van der Waals surface area (Å²) in [6.07, 6.45) is 1.03. The molecule has 0 radical (unpaired) electrons. The Bertz CT molecular complexity index is 1270. The lowest BCUT2D eigenvalue weighted by atomic mass is 10.1. The van der Waals surface area contributed by atoms with Crippen LogP contribution in [0.3, 0.4) is 0 Å². The third-order valence-corrected chi connectivity index (χ3v) is 8.67. The second kappa shape index (κ2) is 10.8. The van der Waals surface area contributed by atoms with Crippen LogP contribution in [0.15, 0.2) is 41.3 Å². The van der Waals surface area contributed by atoms with Crippen LogP contribution in [0.5, 0.6) is 11.5 Å². The molecule has 0 spiro atoms. The highest BCUT2D eigenvalue weighted by Gasteiger charge is 2.26. The van der Waals surface area contributed by atoms with E-state index in [1.165, 1.54) is 49.8 Å². The van der Waals surface area contributed by atoms with Crippen molar-refractivity contribution >= 4 is 31.6 Å². The number of carbonyl (C=O) groups is 1. The maximum absolute atomic E-state index is 13.0. The molecule has 3 rings (SSSR count). The van der Waals surface area contributed by atoms with Crippen molar-refractivity contribution in [1.29, 1.82) is 0 Å². The molecule has 2 aromatic carbocycles. The number of hydrogen-bond acceptors (Lipinski definition) is 8. The lowest BCUT2D eigenvalue weighted by molar-refractivity contribution is 0.0730. The molecular weight excluding hydrogens is 498 g/mol. The Kier molecular flexibility index (Phi) is 8.26. The fourth-order valence-electron chi connectivity index (χ4n) is 3.48.